The molecule has 2 rings (SSSR count). The van der Waals surface area contributed by atoms with E-state index in [1.807, 2.05) is 0 Å². The summed E-state index contributed by atoms with van der Waals surface area (Å²) in [6, 6.07) is -0.801. The number of rotatable bonds is 3. The molecule has 1 unspecified atom stereocenters. The molecule has 120 valence electrons. The van der Waals surface area contributed by atoms with Gasteiger partial charge in [-0.1, -0.05) is 17.8 Å². The zero-order valence-electron chi connectivity index (χ0n) is 10.7. The number of nitrogens with zero attached hydrogens (tertiary/aromatic N) is 1. The highest BCUT2D eigenvalue weighted by molar-refractivity contribution is 8.14. The second-order valence-electron chi connectivity index (χ2n) is 4.66. The summed E-state index contributed by atoms with van der Waals surface area (Å²) in [7, 11) is 0. The summed E-state index contributed by atoms with van der Waals surface area (Å²) in [5, 5.41) is 32.0. The van der Waals surface area contributed by atoms with Gasteiger partial charge in [0.2, 0.25) is 0 Å². The van der Waals surface area contributed by atoms with Crippen molar-refractivity contribution in [2.45, 2.75) is 42.1 Å². The van der Waals surface area contributed by atoms with Crippen LogP contribution in [0.1, 0.15) is 0 Å². The van der Waals surface area contributed by atoms with Crippen molar-refractivity contribution in [1.82, 2.24) is 5.32 Å². The lowest BCUT2D eigenvalue weighted by atomic mass is 9.94. The van der Waals surface area contributed by atoms with Gasteiger partial charge in [0, 0.05) is 0 Å². The monoisotopic (exact) mass is 328 g/mol. The van der Waals surface area contributed by atoms with Crippen LogP contribution in [0.2, 0.25) is 0 Å². The molecular weight excluding hydrogens is 313 g/mol. The number of nitrogens with one attached hydrogen (secondary N) is 1. The van der Waals surface area contributed by atoms with Gasteiger partial charge in [-0.2, -0.15) is 13.2 Å². The van der Waals surface area contributed by atoms with E-state index < -0.39 is 42.1 Å². The molecule has 0 spiro atoms. The van der Waals surface area contributed by atoms with Crippen molar-refractivity contribution < 1.29 is 33.2 Å². The number of amidine groups is 1. The van der Waals surface area contributed by atoms with Crippen LogP contribution in [0.15, 0.2) is 17.6 Å². The van der Waals surface area contributed by atoms with Gasteiger partial charge in [0.15, 0.2) is 11.3 Å². The van der Waals surface area contributed by atoms with E-state index in [1.165, 1.54) is 6.08 Å². The summed E-state index contributed by atoms with van der Waals surface area (Å²) in [5.74, 6) is 0. The summed E-state index contributed by atoms with van der Waals surface area (Å²) in [6.07, 6.45) is -11.6. The van der Waals surface area contributed by atoms with Crippen molar-refractivity contribution in [1.29, 1.82) is 0 Å². The summed E-state index contributed by atoms with van der Waals surface area (Å²) in [6.45, 7) is 3.77. The smallest absolute Gasteiger partial charge is 0.388 e. The Balaban J connectivity index is 2.13. The first-order valence-corrected chi connectivity index (χ1v) is 6.98. The fourth-order valence-corrected chi connectivity index (χ4v) is 3.24. The normalized spacial score (nSPS) is 39.7. The Morgan fingerprint density at radius 1 is 1.43 bits per heavy atom. The van der Waals surface area contributed by atoms with Crippen LogP contribution in [0.5, 0.6) is 0 Å². The first-order chi connectivity index (χ1) is 9.75. The van der Waals surface area contributed by atoms with E-state index in [4.69, 9.17) is 4.74 Å². The van der Waals surface area contributed by atoms with Crippen LogP contribution in [-0.4, -0.2) is 69.1 Å². The second kappa shape index (κ2) is 6.13. The van der Waals surface area contributed by atoms with Crippen LogP contribution in [0.25, 0.3) is 0 Å². The number of alkyl halides is 3. The highest BCUT2D eigenvalue weighted by Gasteiger charge is 2.56. The Labute approximate surface area is 122 Å². The first kappa shape index (κ1) is 16.6. The SMILES string of the molecule is C=CCN=C1N[C@@H]2[C@@H](O)[C@H](O)C([C@@H](O)C(F)(F)F)O[C@@H]2S1. The minimum atomic E-state index is -4.95. The van der Waals surface area contributed by atoms with E-state index in [1.54, 1.807) is 0 Å². The predicted octanol–water partition coefficient (Wildman–Crippen LogP) is -0.397. The molecule has 6 atom stereocenters. The molecule has 2 aliphatic heterocycles. The molecule has 2 aliphatic rings. The molecular formula is C11H15F3N2O4S. The average Bonchev–Trinajstić information content (AvgIpc) is 2.82. The maximum absolute atomic E-state index is 12.5. The third-order valence-corrected chi connectivity index (χ3v) is 4.27. The lowest BCUT2D eigenvalue weighted by Gasteiger charge is -2.40. The summed E-state index contributed by atoms with van der Waals surface area (Å²) >= 11 is 0.991. The highest BCUT2D eigenvalue weighted by Crippen LogP contribution is 2.37. The van der Waals surface area contributed by atoms with Crippen molar-refractivity contribution in [2.24, 2.45) is 4.99 Å². The third kappa shape index (κ3) is 3.34. The van der Waals surface area contributed by atoms with Gasteiger partial charge >= 0.3 is 6.18 Å². The van der Waals surface area contributed by atoms with E-state index in [9.17, 15) is 28.5 Å². The predicted molar refractivity (Wildman–Crippen MR) is 69.8 cm³/mol. The Morgan fingerprint density at radius 2 is 2.10 bits per heavy atom. The number of thioether (sulfide) groups is 1. The molecule has 0 aromatic rings. The average molecular weight is 328 g/mol. The lowest BCUT2D eigenvalue weighted by Crippen LogP contribution is -2.63. The third-order valence-electron chi connectivity index (χ3n) is 3.17. The molecule has 10 heteroatoms. The topological polar surface area (TPSA) is 94.3 Å². The molecule has 0 aromatic heterocycles. The number of halogens is 3. The molecule has 0 radical (unpaired) electrons. The number of aliphatic hydroxyl groups is 3. The van der Waals surface area contributed by atoms with Gasteiger partial charge in [-0.3, -0.25) is 4.99 Å². The van der Waals surface area contributed by atoms with Crippen LogP contribution < -0.4 is 5.32 Å². The van der Waals surface area contributed by atoms with E-state index >= 15 is 0 Å². The number of aliphatic hydroxyl groups excluding tert-OH is 3. The van der Waals surface area contributed by atoms with Crippen LogP contribution in [0, 0.1) is 0 Å². The van der Waals surface area contributed by atoms with Crippen LogP contribution in [-0.2, 0) is 4.74 Å². The standard InChI is InChI=1S/C11H15F3N2O4S/c1-2-3-15-10-16-4-5(17)6(18)7(20-9(4)21-10)8(19)11(12,13)14/h2,4-9,17-19H,1,3H2,(H,15,16)/t4-,5-,6+,7?,8-,9-/m1/s1. The number of aliphatic imine (C=N–C) groups is 1. The van der Waals surface area contributed by atoms with Crippen molar-refractivity contribution >= 4 is 16.9 Å². The number of ether oxygens (including phenoxy) is 1. The second-order valence-corrected chi connectivity index (χ2v) is 5.75. The Morgan fingerprint density at radius 3 is 2.67 bits per heavy atom. The Hall–Kier alpha value is -0.810. The molecule has 2 heterocycles. The molecule has 0 saturated carbocycles. The van der Waals surface area contributed by atoms with E-state index in [0.29, 0.717) is 11.7 Å². The molecule has 2 saturated heterocycles. The number of fused-ring (bicyclic) bond motifs is 1. The largest absolute Gasteiger partial charge is 0.417 e. The minimum Gasteiger partial charge on any atom is -0.388 e. The maximum Gasteiger partial charge on any atom is 0.417 e. The lowest BCUT2D eigenvalue weighted by molar-refractivity contribution is -0.272. The molecule has 0 bridgehead atoms. The fraction of sp³-hybridized carbons (Fsp3) is 0.727. The van der Waals surface area contributed by atoms with Gasteiger partial charge in [-0.05, 0) is 0 Å². The van der Waals surface area contributed by atoms with Gasteiger partial charge in [0.25, 0.3) is 0 Å². The summed E-state index contributed by atoms with van der Waals surface area (Å²) < 4.78 is 42.7. The minimum absolute atomic E-state index is 0.294. The highest BCUT2D eigenvalue weighted by atomic mass is 32.2. The van der Waals surface area contributed by atoms with Gasteiger partial charge in [0.05, 0.1) is 12.6 Å². The van der Waals surface area contributed by atoms with Gasteiger partial charge in [-0.15, -0.1) is 6.58 Å². The van der Waals surface area contributed by atoms with Crippen molar-refractivity contribution in [3.63, 3.8) is 0 Å². The first-order valence-electron chi connectivity index (χ1n) is 6.10. The van der Waals surface area contributed by atoms with Crippen LogP contribution >= 0.6 is 11.8 Å². The van der Waals surface area contributed by atoms with E-state index in [2.05, 4.69) is 16.9 Å². The van der Waals surface area contributed by atoms with Crippen molar-refractivity contribution in [3.8, 4) is 0 Å². The fourth-order valence-electron chi connectivity index (χ4n) is 2.11. The molecule has 4 N–H and O–H groups in total. The van der Waals surface area contributed by atoms with E-state index in [0.717, 1.165) is 11.8 Å². The van der Waals surface area contributed by atoms with Crippen LogP contribution in [0.4, 0.5) is 13.2 Å². The summed E-state index contributed by atoms with van der Waals surface area (Å²) in [5.41, 5.74) is -0.881. The van der Waals surface area contributed by atoms with Gasteiger partial charge < -0.3 is 25.4 Å². The zero-order valence-corrected chi connectivity index (χ0v) is 11.5. The summed E-state index contributed by atoms with van der Waals surface area (Å²) in [4.78, 5) is 4.04. The van der Waals surface area contributed by atoms with Crippen molar-refractivity contribution in [2.75, 3.05) is 6.54 Å². The van der Waals surface area contributed by atoms with Gasteiger partial charge in [-0.25, -0.2) is 0 Å². The number of hydrogen-bond donors (Lipinski definition) is 4. The van der Waals surface area contributed by atoms with E-state index in [-0.39, 0.29) is 0 Å². The maximum atomic E-state index is 12.5. The number of hydrogen-bond acceptors (Lipinski definition) is 6. The van der Waals surface area contributed by atoms with Crippen molar-refractivity contribution in [3.05, 3.63) is 12.7 Å². The molecule has 0 amide bonds. The molecule has 0 aliphatic carbocycles. The zero-order chi connectivity index (χ0) is 15.8. The Bertz CT molecular complexity index is 434. The molecule has 0 aromatic carbocycles. The van der Waals surface area contributed by atoms with Crippen LogP contribution in [0.3, 0.4) is 0 Å². The molecule has 21 heavy (non-hydrogen) atoms. The molecule has 2 fully saturated rings. The molecule has 6 nitrogen and oxygen atoms in total. The Kier molecular flexibility index (Phi) is 4.83. The van der Waals surface area contributed by atoms with Gasteiger partial charge in [0.1, 0.15) is 23.7 Å². The quantitative estimate of drug-likeness (QED) is 0.527.